The zero-order valence-corrected chi connectivity index (χ0v) is 12.5. The summed E-state index contributed by atoms with van der Waals surface area (Å²) < 4.78 is 5.38. The Morgan fingerprint density at radius 2 is 2.17 bits per heavy atom. The first kappa shape index (κ1) is 15.1. The summed E-state index contributed by atoms with van der Waals surface area (Å²) in [7, 11) is 0. The molecule has 0 spiro atoms. The molecule has 1 aliphatic carbocycles. The molecule has 1 aliphatic rings. The van der Waals surface area contributed by atoms with Crippen LogP contribution in [0.4, 0.5) is 5.69 Å². The van der Waals surface area contributed by atoms with Crippen molar-refractivity contribution in [2.45, 2.75) is 31.8 Å². The van der Waals surface area contributed by atoms with Gasteiger partial charge in [-0.05, 0) is 44.0 Å². The summed E-state index contributed by atoms with van der Waals surface area (Å²) in [5, 5.41) is 20.5. The molecule has 1 aromatic carbocycles. The highest BCUT2D eigenvalue weighted by molar-refractivity contribution is 5.95. The van der Waals surface area contributed by atoms with E-state index in [1.54, 1.807) is 23.3 Å². The van der Waals surface area contributed by atoms with Crippen LogP contribution < -0.4 is 0 Å². The Balaban J connectivity index is 1.90. The van der Waals surface area contributed by atoms with Crippen molar-refractivity contribution in [2.24, 2.45) is 0 Å². The Bertz CT molecular complexity index is 737. The number of nitro groups is 1. The highest BCUT2D eigenvalue weighted by Crippen LogP contribution is 2.36. The molecule has 1 fully saturated rings. The lowest BCUT2D eigenvalue weighted by Crippen LogP contribution is -2.35. The number of hydrogen-bond donors (Lipinski definition) is 1. The Labute approximate surface area is 132 Å². The molecule has 0 radical (unpaired) electrons. The number of phenols is 1. The molecule has 0 aliphatic heterocycles. The van der Waals surface area contributed by atoms with E-state index < -0.39 is 16.4 Å². The second kappa shape index (κ2) is 5.75. The summed E-state index contributed by atoms with van der Waals surface area (Å²) in [6, 6.07) is 7.10. The maximum Gasteiger partial charge on any atom is 0.310 e. The minimum atomic E-state index is -0.687. The number of carbonyl (C=O) groups excluding carboxylic acids is 1. The van der Waals surface area contributed by atoms with Crippen molar-refractivity contribution in [1.29, 1.82) is 0 Å². The van der Waals surface area contributed by atoms with E-state index in [0.29, 0.717) is 5.76 Å². The van der Waals surface area contributed by atoms with Crippen LogP contribution in [0.25, 0.3) is 0 Å². The smallest absolute Gasteiger partial charge is 0.310 e. The second-order valence-corrected chi connectivity index (χ2v) is 5.60. The van der Waals surface area contributed by atoms with Gasteiger partial charge >= 0.3 is 5.69 Å². The van der Waals surface area contributed by atoms with Gasteiger partial charge in [0.1, 0.15) is 5.76 Å². The lowest BCUT2D eigenvalue weighted by molar-refractivity contribution is -0.385. The number of aromatic hydroxyl groups is 1. The fraction of sp³-hybridized carbons (Fsp3) is 0.312. The second-order valence-electron chi connectivity index (χ2n) is 5.60. The molecule has 120 valence electrons. The number of nitro benzene ring substituents is 1. The van der Waals surface area contributed by atoms with Crippen LogP contribution in [0.2, 0.25) is 0 Å². The van der Waals surface area contributed by atoms with Gasteiger partial charge in [-0.25, -0.2) is 0 Å². The summed E-state index contributed by atoms with van der Waals surface area (Å²) in [6.45, 7) is 1.88. The summed E-state index contributed by atoms with van der Waals surface area (Å²) in [5.74, 6) is -0.111. The van der Waals surface area contributed by atoms with Crippen molar-refractivity contribution in [2.75, 3.05) is 0 Å². The van der Waals surface area contributed by atoms with Gasteiger partial charge in [-0.3, -0.25) is 14.9 Å². The predicted octanol–water partition coefficient (Wildman–Crippen LogP) is 3.26. The molecule has 2 aromatic rings. The van der Waals surface area contributed by atoms with Crippen LogP contribution in [0.3, 0.4) is 0 Å². The Morgan fingerprint density at radius 3 is 2.70 bits per heavy atom. The van der Waals surface area contributed by atoms with E-state index in [-0.39, 0.29) is 23.6 Å². The maximum atomic E-state index is 12.8. The largest absolute Gasteiger partial charge is 0.502 e. The van der Waals surface area contributed by atoms with E-state index in [4.69, 9.17) is 4.42 Å². The van der Waals surface area contributed by atoms with Crippen molar-refractivity contribution >= 4 is 11.6 Å². The molecular weight excluding hydrogens is 300 g/mol. The zero-order chi connectivity index (χ0) is 16.6. The van der Waals surface area contributed by atoms with Crippen molar-refractivity contribution < 1.29 is 19.2 Å². The molecule has 7 nitrogen and oxygen atoms in total. The molecule has 0 unspecified atom stereocenters. The lowest BCUT2D eigenvalue weighted by Gasteiger charge is -2.28. The number of furan rings is 1. The third-order valence-corrected chi connectivity index (χ3v) is 3.97. The van der Waals surface area contributed by atoms with Crippen LogP contribution in [0, 0.1) is 10.1 Å². The van der Waals surface area contributed by atoms with E-state index in [2.05, 4.69) is 0 Å². The van der Waals surface area contributed by atoms with Gasteiger partial charge in [0, 0.05) is 17.7 Å². The highest BCUT2D eigenvalue weighted by atomic mass is 16.6. The molecule has 1 aromatic heterocycles. The molecule has 1 amide bonds. The highest BCUT2D eigenvalue weighted by Gasteiger charge is 2.38. The average molecular weight is 316 g/mol. The number of hydrogen-bond acceptors (Lipinski definition) is 5. The van der Waals surface area contributed by atoms with E-state index >= 15 is 0 Å². The first-order chi connectivity index (χ1) is 11.0. The van der Waals surface area contributed by atoms with Crippen molar-refractivity contribution in [1.82, 2.24) is 4.90 Å². The molecular formula is C16H16N2O5. The van der Waals surface area contributed by atoms with Gasteiger partial charge in [-0.15, -0.1) is 0 Å². The number of benzene rings is 1. The quantitative estimate of drug-likeness (QED) is 0.674. The van der Waals surface area contributed by atoms with Crippen LogP contribution in [-0.2, 0) is 0 Å². The Hall–Kier alpha value is -2.83. The van der Waals surface area contributed by atoms with Gasteiger partial charge in [-0.1, -0.05) is 0 Å². The Kier molecular flexibility index (Phi) is 3.77. The third kappa shape index (κ3) is 2.90. The molecule has 1 atom stereocenters. The molecule has 0 saturated heterocycles. The van der Waals surface area contributed by atoms with Gasteiger partial charge in [0.2, 0.25) is 0 Å². The van der Waals surface area contributed by atoms with Crippen molar-refractivity contribution in [3.05, 3.63) is 58.0 Å². The van der Waals surface area contributed by atoms with E-state index in [9.17, 15) is 20.0 Å². The molecule has 7 heteroatoms. The minimum absolute atomic E-state index is 0.125. The number of carbonyl (C=O) groups is 1. The normalized spacial score (nSPS) is 15.2. The zero-order valence-electron chi connectivity index (χ0n) is 12.5. The first-order valence-corrected chi connectivity index (χ1v) is 7.32. The monoisotopic (exact) mass is 316 g/mol. The van der Waals surface area contributed by atoms with Crippen LogP contribution in [0.15, 0.2) is 41.0 Å². The van der Waals surface area contributed by atoms with Gasteiger partial charge < -0.3 is 14.4 Å². The maximum absolute atomic E-state index is 12.8. The average Bonchev–Trinajstić information content (AvgIpc) is 3.18. The van der Waals surface area contributed by atoms with Crippen LogP contribution in [0.1, 0.15) is 41.9 Å². The van der Waals surface area contributed by atoms with E-state index in [1.165, 1.54) is 6.07 Å². The number of nitrogens with zero attached hydrogens (tertiary/aromatic N) is 2. The van der Waals surface area contributed by atoms with Crippen LogP contribution in [0.5, 0.6) is 5.75 Å². The molecule has 0 bridgehead atoms. The number of amides is 1. The van der Waals surface area contributed by atoms with Gasteiger partial charge in [0.25, 0.3) is 5.91 Å². The van der Waals surface area contributed by atoms with Crippen molar-refractivity contribution in [3.63, 3.8) is 0 Å². The lowest BCUT2D eigenvalue weighted by atomic mass is 10.1. The fourth-order valence-corrected chi connectivity index (χ4v) is 2.64. The van der Waals surface area contributed by atoms with Crippen molar-refractivity contribution in [3.8, 4) is 5.75 Å². The summed E-state index contributed by atoms with van der Waals surface area (Å²) in [4.78, 5) is 24.6. The molecule has 3 rings (SSSR count). The molecule has 23 heavy (non-hydrogen) atoms. The SMILES string of the molecule is C[C@@H](c1ccco1)N(C(=O)c1ccc([N+](=O)[O-])c(O)c1)C1CC1. The van der Waals surface area contributed by atoms with Crippen LogP contribution in [-0.4, -0.2) is 26.9 Å². The number of phenolic OH excluding ortho intramolecular Hbond substituents is 1. The standard InChI is InChI=1S/C16H16N2O5/c1-10(15-3-2-8-23-15)17(12-5-6-12)16(20)11-4-7-13(18(21)22)14(19)9-11/h2-4,7-10,12,19H,5-6H2,1H3/t10-/m0/s1. The predicted molar refractivity (Wildman–Crippen MR) is 81.1 cm³/mol. The minimum Gasteiger partial charge on any atom is -0.502 e. The van der Waals surface area contributed by atoms with Gasteiger partial charge in [0.15, 0.2) is 5.75 Å². The number of rotatable bonds is 5. The van der Waals surface area contributed by atoms with Crippen LogP contribution >= 0.6 is 0 Å². The van der Waals surface area contributed by atoms with E-state index in [1.807, 2.05) is 6.92 Å². The summed E-state index contributed by atoms with van der Waals surface area (Å²) in [5.41, 5.74) is -0.197. The first-order valence-electron chi connectivity index (χ1n) is 7.32. The van der Waals surface area contributed by atoms with Gasteiger partial charge in [0.05, 0.1) is 17.2 Å². The molecule has 1 heterocycles. The van der Waals surface area contributed by atoms with E-state index in [0.717, 1.165) is 25.0 Å². The molecule has 1 N–H and O–H groups in total. The molecule has 1 saturated carbocycles. The van der Waals surface area contributed by atoms with Gasteiger partial charge in [-0.2, -0.15) is 0 Å². The third-order valence-electron chi connectivity index (χ3n) is 3.97. The fourth-order valence-electron chi connectivity index (χ4n) is 2.64. The summed E-state index contributed by atoms with van der Waals surface area (Å²) >= 11 is 0. The summed E-state index contributed by atoms with van der Waals surface area (Å²) in [6.07, 6.45) is 3.38. The topological polar surface area (TPSA) is 96.8 Å². The Morgan fingerprint density at radius 1 is 1.43 bits per heavy atom.